The Balaban J connectivity index is 2.49. The van der Waals surface area contributed by atoms with Crippen LogP contribution in [0.1, 0.15) is 27.6 Å². The summed E-state index contributed by atoms with van der Waals surface area (Å²) in [7, 11) is 1.67. The van der Waals surface area contributed by atoms with E-state index in [2.05, 4.69) is 0 Å². The predicted octanol–water partition coefficient (Wildman–Crippen LogP) is 5.95. The lowest BCUT2D eigenvalue weighted by Gasteiger charge is -2.16. The Morgan fingerprint density at radius 1 is 1.05 bits per heavy atom. The highest BCUT2D eigenvalue weighted by molar-refractivity contribution is 6.43. The lowest BCUT2D eigenvalue weighted by atomic mass is 9.99. The van der Waals surface area contributed by atoms with E-state index in [1.54, 1.807) is 13.2 Å². The van der Waals surface area contributed by atoms with E-state index in [9.17, 15) is 0 Å². The molecule has 0 N–H and O–H groups in total. The van der Waals surface area contributed by atoms with Crippen molar-refractivity contribution in [2.75, 3.05) is 7.11 Å². The molecule has 0 aliphatic rings. The van der Waals surface area contributed by atoms with Crippen LogP contribution in [0.5, 0.6) is 5.75 Å². The topological polar surface area (TPSA) is 9.23 Å². The van der Waals surface area contributed by atoms with Gasteiger partial charge < -0.3 is 4.74 Å². The van der Waals surface area contributed by atoms with E-state index in [4.69, 9.17) is 39.5 Å². The second kappa shape index (κ2) is 6.26. The zero-order chi connectivity index (χ0) is 14.9. The molecular formula is C16H15Cl3O. The smallest absolute Gasteiger partial charge is 0.124 e. The first-order valence-electron chi connectivity index (χ1n) is 6.18. The van der Waals surface area contributed by atoms with Gasteiger partial charge in [-0.1, -0.05) is 47.5 Å². The fourth-order valence-electron chi connectivity index (χ4n) is 2.35. The molecule has 0 radical (unpaired) electrons. The Labute approximate surface area is 134 Å². The van der Waals surface area contributed by atoms with Gasteiger partial charge in [0.15, 0.2) is 0 Å². The highest BCUT2D eigenvalue weighted by Gasteiger charge is 2.18. The van der Waals surface area contributed by atoms with Crippen molar-refractivity contribution in [3.63, 3.8) is 0 Å². The summed E-state index contributed by atoms with van der Waals surface area (Å²) in [5.41, 5.74) is 3.88. The number of rotatable bonds is 3. The number of aryl methyl sites for hydroxylation is 2. The molecule has 0 aliphatic heterocycles. The number of hydrogen-bond acceptors (Lipinski definition) is 1. The molecule has 2 rings (SSSR count). The number of halogens is 3. The molecule has 1 atom stereocenters. The van der Waals surface area contributed by atoms with Gasteiger partial charge in [0, 0.05) is 0 Å². The number of benzene rings is 2. The van der Waals surface area contributed by atoms with Gasteiger partial charge in [0.25, 0.3) is 0 Å². The van der Waals surface area contributed by atoms with Crippen LogP contribution in [0, 0.1) is 13.8 Å². The first kappa shape index (κ1) is 15.5. The maximum atomic E-state index is 6.56. The Bertz CT molecular complexity index is 615. The molecule has 0 aliphatic carbocycles. The Kier molecular flexibility index (Phi) is 4.85. The van der Waals surface area contributed by atoms with E-state index < -0.39 is 0 Å². The molecule has 0 saturated carbocycles. The van der Waals surface area contributed by atoms with Crippen LogP contribution in [0.3, 0.4) is 0 Å². The summed E-state index contributed by atoms with van der Waals surface area (Å²) >= 11 is 18.8. The molecule has 0 fully saturated rings. The number of methoxy groups -OCH3 is 1. The van der Waals surface area contributed by atoms with Crippen molar-refractivity contribution in [3.8, 4) is 5.75 Å². The van der Waals surface area contributed by atoms with Crippen molar-refractivity contribution in [1.82, 2.24) is 0 Å². The minimum absolute atomic E-state index is 0.343. The molecule has 2 aromatic carbocycles. The van der Waals surface area contributed by atoms with Crippen molar-refractivity contribution >= 4 is 34.8 Å². The average Bonchev–Trinajstić information content (AvgIpc) is 2.41. The summed E-state index contributed by atoms with van der Waals surface area (Å²) in [6, 6.07) is 9.52. The molecule has 0 bridgehead atoms. The average molecular weight is 330 g/mol. The van der Waals surface area contributed by atoms with Gasteiger partial charge in [-0.3, -0.25) is 0 Å². The molecule has 0 amide bonds. The maximum Gasteiger partial charge on any atom is 0.124 e. The molecule has 0 aromatic heterocycles. The van der Waals surface area contributed by atoms with Crippen LogP contribution in [0.15, 0.2) is 30.3 Å². The summed E-state index contributed by atoms with van der Waals surface area (Å²) in [6.45, 7) is 4.00. The van der Waals surface area contributed by atoms with Gasteiger partial charge in [0.1, 0.15) is 5.75 Å². The summed E-state index contributed by atoms with van der Waals surface area (Å²) in [4.78, 5) is 0. The maximum absolute atomic E-state index is 6.56. The van der Waals surface area contributed by atoms with Gasteiger partial charge >= 0.3 is 0 Å². The molecular weight excluding hydrogens is 315 g/mol. The van der Waals surface area contributed by atoms with Crippen LogP contribution in [-0.2, 0) is 0 Å². The van der Waals surface area contributed by atoms with E-state index in [0.29, 0.717) is 10.0 Å². The SMILES string of the molecule is COc1c(C)cc(C(Cl)c2cccc(Cl)c2Cl)cc1C. The predicted molar refractivity (Wildman–Crippen MR) is 86.6 cm³/mol. The summed E-state index contributed by atoms with van der Waals surface area (Å²) in [5, 5.41) is 0.668. The van der Waals surface area contributed by atoms with Gasteiger partial charge in [-0.2, -0.15) is 0 Å². The van der Waals surface area contributed by atoms with E-state index in [-0.39, 0.29) is 5.38 Å². The molecule has 1 unspecified atom stereocenters. The zero-order valence-corrected chi connectivity index (χ0v) is 13.8. The lowest BCUT2D eigenvalue weighted by Crippen LogP contribution is -1.99. The van der Waals surface area contributed by atoms with Crippen LogP contribution in [0.25, 0.3) is 0 Å². The fourth-order valence-corrected chi connectivity index (χ4v) is 3.13. The van der Waals surface area contributed by atoms with Crippen molar-refractivity contribution in [2.24, 2.45) is 0 Å². The van der Waals surface area contributed by atoms with E-state index >= 15 is 0 Å². The third-order valence-corrected chi connectivity index (χ3v) is 4.55. The second-order valence-electron chi connectivity index (χ2n) is 4.69. The molecule has 0 spiro atoms. The third kappa shape index (κ3) is 2.90. The van der Waals surface area contributed by atoms with E-state index in [1.807, 2.05) is 38.1 Å². The molecule has 4 heteroatoms. The van der Waals surface area contributed by atoms with Gasteiger partial charge in [-0.05, 0) is 42.2 Å². The minimum Gasteiger partial charge on any atom is -0.496 e. The first-order chi connectivity index (χ1) is 9.45. The zero-order valence-electron chi connectivity index (χ0n) is 11.5. The van der Waals surface area contributed by atoms with Gasteiger partial charge in [-0.15, -0.1) is 11.6 Å². The monoisotopic (exact) mass is 328 g/mol. The summed E-state index contributed by atoms with van der Waals surface area (Å²) < 4.78 is 5.37. The van der Waals surface area contributed by atoms with Crippen LogP contribution < -0.4 is 4.74 Å². The molecule has 1 nitrogen and oxygen atoms in total. The van der Waals surface area contributed by atoms with Crippen molar-refractivity contribution < 1.29 is 4.74 Å². The fraction of sp³-hybridized carbons (Fsp3) is 0.250. The van der Waals surface area contributed by atoms with Crippen molar-refractivity contribution in [1.29, 1.82) is 0 Å². The van der Waals surface area contributed by atoms with Crippen LogP contribution in [0.2, 0.25) is 10.0 Å². The third-order valence-electron chi connectivity index (χ3n) is 3.23. The number of hydrogen-bond donors (Lipinski definition) is 0. The minimum atomic E-state index is -0.343. The molecule has 20 heavy (non-hydrogen) atoms. The van der Waals surface area contributed by atoms with Crippen LogP contribution >= 0.6 is 34.8 Å². The highest BCUT2D eigenvalue weighted by atomic mass is 35.5. The van der Waals surface area contributed by atoms with Gasteiger partial charge in [-0.25, -0.2) is 0 Å². The van der Waals surface area contributed by atoms with Crippen LogP contribution in [-0.4, -0.2) is 7.11 Å². The van der Waals surface area contributed by atoms with Crippen molar-refractivity contribution in [2.45, 2.75) is 19.2 Å². The Morgan fingerprint density at radius 2 is 1.65 bits per heavy atom. The number of alkyl halides is 1. The second-order valence-corrected chi connectivity index (χ2v) is 5.92. The largest absolute Gasteiger partial charge is 0.496 e. The summed E-state index contributed by atoms with van der Waals surface area (Å²) in [5.74, 6) is 0.884. The Morgan fingerprint density at radius 3 is 2.20 bits per heavy atom. The highest BCUT2D eigenvalue weighted by Crippen LogP contribution is 2.38. The molecule has 2 aromatic rings. The molecule has 106 valence electrons. The first-order valence-corrected chi connectivity index (χ1v) is 7.38. The summed E-state index contributed by atoms with van der Waals surface area (Å²) in [6.07, 6.45) is 0. The number of ether oxygens (including phenoxy) is 1. The lowest BCUT2D eigenvalue weighted by molar-refractivity contribution is 0.408. The standard InChI is InChI=1S/C16H15Cl3O/c1-9-7-11(8-10(2)16(9)20-3)14(18)12-5-4-6-13(17)15(12)19/h4-8,14H,1-3H3. The quantitative estimate of drug-likeness (QED) is 0.632. The molecule has 0 heterocycles. The Hall–Kier alpha value is -0.890. The van der Waals surface area contributed by atoms with Crippen molar-refractivity contribution in [3.05, 3.63) is 62.6 Å². The van der Waals surface area contributed by atoms with Gasteiger partial charge in [0.2, 0.25) is 0 Å². The van der Waals surface area contributed by atoms with Crippen LogP contribution in [0.4, 0.5) is 0 Å². The van der Waals surface area contributed by atoms with E-state index in [1.165, 1.54) is 0 Å². The van der Waals surface area contributed by atoms with E-state index in [0.717, 1.165) is 28.0 Å². The normalized spacial score (nSPS) is 12.3. The van der Waals surface area contributed by atoms with Gasteiger partial charge in [0.05, 0.1) is 22.5 Å². The molecule has 0 saturated heterocycles.